The van der Waals surface area contributed by atoms with Gasteiger partial charge in [0.25, 0.3) is 0 Å². The summed E-state index contributed by atoms with van der Waals surface area (Å²) in [5, 5.41) is 6.97. The molecule has 2 aromatic rings. The van der Waals surface area contributed by atoms with Crippen molar-refractivity contribution in [3.05, 3.63) is 65.2 Å². The van der Waals surface area contributed by atoms with Crippen LogP contribution in [0, 0.1) is 0 Å². The molecule has 2 atom stereocenters. The SMILES string of the molecule is COc1ccccc1CN[C@@H]1CCCN[C@@H]1c1ccc(C(F)(F)F)cc1. The van der Waals surface area contributed by atoms with Gasteiger partial charge < -0.3 is 15.4 Å². The number of methoxy groups -OCH3 is 1. The number of benzene rings is 2. The third-order valence-electron chi connectivity index (χ3n) is 4.80. The van der Waals surface area contributed by atoms with E-state index in [0.717, 1.165) is 48.4 Å². The molecule has 0 saturated carbocycles. The van der Waals surface area contributed by atoms with E-state index in [2.05, 4.69) is 10.6 Å². The van der Waals surface area contributed by atoms with Crippen molar-refractivity contribution in [2.75, 3.05) is 13.7 Å². The summed E-state index contributed by atoms with van der Waals surface area (Å²) in [6, 6.07) is 13.4. The van der Waals surface area contributed by atoms with Crippen LogP contribution in [0.4, 0.5) is 13.2 Å². The highest BCUT2D eigenvalue weighted by molar-refractivity contribution is 5.33. The maximum absolute atomic E-state index is 12.8. The smallest absolute Gasteiger partial charge is 0.416 e. The van der Waals surface area contributed by atoms with Crippen molar-refractivity contribution in [2.45, 2.75) is 37.6 Å². The summed E-state index contributed by atoms with van der Waals surface area (Å²) in [5.74, 6) is 0.829. The first-order valence-corrected chi connectivity index (χ1v) is 8.75. The molecule has 26 heavy (non-hydrogen) atoms. The summed E-state index contributed by atoms with van der Waals surface area (Å²) in [4.78, 5) is 0. The normalized spacial score (nSPS) is 20.8. The molecule has 1 heterocycles. The molecule has 1 saturated heterocycles. The maximum Gasteiger partial charge on any atom is 0.416 e. The second kappa shape index (κ2) is 8.10. The third kappa shape index (κ3) is 4.37. The minimum atomic E-state index is -4.31. The highest BCUT2D eigenvalue weighted by atomic mass is 19.4. The number of rotatable bonds is 5. The monoisotopic (exact) mass is 364 g/mol. The van der Waals surface area contributed by atoms with Crippen molar-refractivity contribution in [2.24, 2.45) is 0 Å². The van der Waals surface area contributed by atoms with Crippen molar-refractivity contribution in [3.63, 3.8) is 0 Å². The van der Waals surface area contributed by atoms with Crippen LogP contribution in [0.15, 0.2) is 48.5 Å². The van der Waals surface area contributed by atoms with Gasteiger partial charge in [0.1, 0.15) is 5.75 Å². The van der Waals surface area contributed by atoms with Gasteiger partial charge in [-0.1, -0.05) is 30.3 Å². The van der Waals surface area contributed by atoms with Crippen LogP contribution in [-0.2, 0) is 12.7 Å². The number of ether oxygens (including phenoxy) is 1. The average molecular weight is 364 g/mol. The summed E-state index contributed by atoms with van der Waals surface area (Å²) >= 11 is 0. The number of piperidine rings is 1. The first kappa shape index (κ1) is 18.7. The molecule has 0 aromatic heterocycles. The van der Waals surface area contributed by atoms with E-state index >= 15 is 0 Å². The summed E-state index contributed by atoms with van der Waals surface area (Å²) in [6.45, 7) is 1.51. The van der Waals surface area contributed by atoms with Gasteiger partial charge in [0.15, 0.2) is 0 Å². The van der Waals surface area contributed by atoms with E-state index in [1.807, 2.05) is 24.3 Å². The van der Waals surface area contributed by atoms with Gasteiger partial charge in [-0.15, -0.1) is 0 Å². The highest BCUT2D eigenvalue weighted by Gasteiger charge is 2.31. The molecule has 0 radical (unpaired) electrons. The lowest BCUT2D eigenvalue weighted by atomic mass is 9.91. The molecule has 3 nitrogen and oxygen atoms in total. The molecule has 3 rings (SSSR count). The van der Waals surface area contributed by atoms with Gasteiger partial charge in [-0.05, 0) is 43.1 Å². The minimum absolute atomic E-state index is 0.0132. The van der Waals surface area contributed by atoms with Crippen molar-refractivity contribution in [1.29, 1.82) is 0 Å². The Labute approximate surface area is 151 Å². The van der Waals surface area contributed by atoms with Crippen LogP contribution in [0.2, 0.25) is 0 Å². The molecule has 6 heteroatoms. The predicted octanol–water partition coefficient (Wildman–Crippen LogP) is 4.30. The van der Waals surface area contributed by atoms with Crippen LogP contribution < -0.4 is 15.4 Å². The zero-order chi connectivity index (χ0) is 18.6. The van der Waals surface area contributed by atoms with Crippen molar-refractivity contribution < 1.29 is 17.9 Å². The molecular formula is C20H23F3N2O. The summed E-state index contributed by atoms with van der Waals surface area (Å²) in [7, 11) is 1.64. The Morgan fingerprint density at radius 2 is 1.85 bits per heavy atom. The van der Waals surface area contributed by atoms with Crippen LogP contribution in [0.25, 0.3) is 0 Å². The van der Waals surface area contributed by atoms with Crippen LogP contribution in [-0.4, -0.2) is 19.7 Å². The van der Waals surface area contributed by atoms with Crippen LogP contribution in [0.3, 0.4) is 0 Å². The Bertz CT molecular complexity index is 716. The Kier molecular flexibility index (Phi) is 5.84. The number of halogens is 3. The first-order chi connectivity index (χ1) is 12.5. The van der Waals surface area contributed by atoms with Gasteiger partial charge >= 0.3 is 6.18 Å². The third-order valence-corrected chi connectivity index (χ3v) is 4.80. The molecule has 0 spiro atoms. The van der Waals surface area contributed by atoms with E-state index in [1.165, 1.54) is 0 Å². The van der Waals surface area contributed by atoms with Crippen molar-refractivity contribution >= 4 is 0 Å². The second-order valence-corrected chi connectivity index (χ2v) is 6.49. The van der Waals surface area contributed by atoms with Gasteiger partial charge in [0, 0.05) is 24.2 Å². The molecule has 0 aliphatic carbocycles. The molecule has 140 valence electrons. The minimum Gasteiger partial charge on any atom is -0.496 e. The molecule has 0 amide bonds. The van der Waals surface area contributed by atoms with Crippen molar-refractivity contribution in [1.82, 2.24) is 10.6 Å². The average Bonchev–Trinajstić information content (AvgIpc) is 2.66. The standard InChI is InChI=1S/C20H23F3N2O/c1-26-18-7-3-2-5-15(18)13-25-17-6-4-12-24-19(17)14-8-10-16(11-9-14)20(21,22)23/h2-3,5,7-11,17,19,24-25H,4,6,12-13H2,1H3/t17-,19-/m1/s1. The number of alkyl halides is 3. The first-order valence-electron chi connectivity index (χ1n) is 8.75. The molecule has 2 aromatic carbocycles. The second-order valence-electron chi connectivity index (χ2n) is 6.49. The number of hydrogen-bond donors (Lipinski definition) is 2. The quantitative estimate of drug-likeness (QED) is 0.830. The van der Waals surface area contributed by atoms with E-state index in [0.29, 0.717) is 6.54 Å². The summed E-state index contributed by atoms with van der Waals surface area (Å²) < 4.78 is 43.7. The maximum atomic E-state index is 12.8. The lowest BCUT2D eigenvalue weighted by Crippen LogP contribution is -2.45. The zero-order valence-corrected chi connectivity index (χ0v) is 14.6. The predicted molar refractivity (Wildman–Crippen MR) is 95.0 cm³/mol. The Balaban J connectivity index is 1.71. The van der Waals surface area contributed by atoms with Gasteiger partial charge in [-0.25, -0.2) is 0 Å². The Morgan fingerprint density at radius 3 is 2.54 bits per heavy atom. The molecular weight excluding hydrogens is 341 g/mol. The van der Waals surface area contributed by atoms with E-state index in [-0.39, 0.29) is 12.1 Å². The van der Waals surface area contributed by atoms with E-state index < -0.39 is 11.7 Å². The van der Waals surface area contributed by atoms with Gasteiger partial charge in [0.2, 0.25) is 0 Å². The van der Waals surface area contributed by atoms with Crippen LogP contribution in [0.1, 0.15) is 35.6 Å². The zero-order valence-electron chi connectivity index (χ0n) is 14.6. The topological polar surface area (TPSA) is 33.3 Å². The fourth-order valence-corrected chi connectivity index (χ4v) is 3.43. The van der Waals surface area contributed by atoms with E-state index in [4.69, 9.17) is 4.74 Å². The summed E-state index contributed by atoms with van der Waals surface area (Å²) in [6.07, 6.45) is -2.31. The summed E-state index contributed by atoms with van der Waals surface area (Å²) in [5.41, 5.74) is 1.32. The van der Waals surface area contributed by atoms with Gasteiger partial charge in [0.05, 0.1) is 12.7 Å². The molecule has 1 aliphatic heterocycles. The number of hydrogen-bond acceptors (Lipinski definition) is 3. The van der Waals surface area contributed by atoms with Gasteiger partial charge in [-0.2, -0.15) is 13.2 Å². The highest BCUT2D eigenvalue weighted by Crippen LogP contribution is 2.31. The molecule has 1 aliphatic rings. The van der Waals surface area contributed by atoms with Crippen molar-refractivity contribution in [3.8, 4) is 5.75 Å². The van der Waals surface area contributed by atoms with E-state index in [1.54, 1.807) is 19.2 Å². The van der Waals surface area contributed by atoms with Crippen LogP contribution >= 0.6 is 0 Å². The number of nitrogens with one attached hydrogen (secondary N) is 2. The Morgan fingerprint density at radius 1 is 1.12 bits per heavy atom. The van der Waals surface area contributed by atoms with Gasteiger partial charge in [-0.3, -0.25) is 0 Å². The molecule has 0 bridgehead atoms. The molecule has 0 unspecified atom stereocenters. The lowest BCUT2D eigenvalue weighted by Gasteiger charge is -2.34. The largest absolute Gasteiger partial charge is 0.496 e. The fourth-order valence-electron chi connectivity index (χ4n) is 3.43. The lowest BCUT2D eigenvalue weighted by molar-refractivity contribution is -0.137. The van der Waals surface area contributed by atoms with E-state index in [9.17, 15) is 13.2 Å². The van der Waals surface area contributed by atoms with Crippen LogP contribution in [0.5, 0.6) is 5.75 Å². The fraction of sp³-hybridized carbons (Fsp3) is 0.400. The molecule has 1 fully saturated rings. The molecule has 2 N–H and O–H groups in total. The Hall–Kier alpha value is -2.05. The number of para-hydroxylation sites is 1.